The van der Waals surface area contributed by atoms with Gasteiger partial charge in [-0.25, -0.2) is 8.42 Å². The smallest absolute Gasteiger partial charge is 0.322 e. The van der Waals surface area contributed by atoms with Gasteiger partial charge in [0, 0.05) is 36.8 Å². The molecule has 5 aromatic carbocycles. The highest BCUT2D eigenvalue weighted by molar-refractivity contribution is 7.89. The van der Waals surface area contributed by atoms with E-state index >= 15 is 0 Å². The molecule has 2 heterocycles. The van der Waals surface area contributed by atoms with E-state index in [1.54, 1.807) is 24.3 Å². The Labute approximate surface area is 280 Å². The maximum absolute atomic E-state index is 13.6. The van der Waals surface area contributed by atoms with Crippen LogP contribution in [-0.4, -0.2) is 42.5 Å². The average Bonchev–Trinajstić information content (AvgIpc) is 3.71. The minimum Gasteiger partial charge on any atom is -0.480 e. The van der Waals surface area contributed by atoms with Crippen LogP contribution in [0.1, 0.15) is 34.4 Å². The number of carboxylic acid groups (broad SMARTS) is 1. The molecule has 242 valence electrons. The number of aliphatic carboxylic acids is 1. The molecule has 0 saturated carbocycles. The van der Waals surface area contributed by atoms with Gasteiger partial charge in [0.05, 0.1) is 17.6 Å². The van der Waals surface area contributed by atoms with E-state index < -0.39 is 28.1 Å². The number of nitrogens with zero attached hydrogens (tertiary/aromatic N) is 1. The van der Waals surface area contributed by atoms with Gasteiger partial charge in [-0.15, -0.1) is 0 Å². The Hall–Kier alpha value is -5.02. The molecule has 48 heavy (non-hydrogen) atoms. The van der Waals surface area contributed by atoms with Crippen molar-refractivity contribution in [3.63, 3.8) is 0 Å². The lowest BCUT2D eigenvalue weighted by molar-refractivity contribution is -0.140. The van der Waals surface area contributed by atoms with Gasteiger partial charge in [-0.05, 0) is 46.0 Å². The maximum Gasteiger partial charge on any atom is 0.322 e. The van der Waals surface area contributed by atoms with Crippen LogP contribution in [-0.2, 0) is 39.0 Å². The molecule has 0 radical (unpaired) electrons. The highest BCUT2D eigenvalue weighted by atomic mass is 32.2. The van der Waals surface area contributed by atoms with Crippen molar-refractivity contribution >= 4 is 27.0 Å². The normalized spacial score (nSPS) is 16.8. The quantitative estimate of drug-likeness (QED) is 0.153. The summed E-state index contributed by atoms with van der Waals surface area (Å²) in [5, 5.41) is 11.0. The third kappa shape index (κ3) is 6.69. The van der Waals surface area contributed by atoms with Gasteiger partial charge in [0.25, 0.3) is 0 Å². The standard InChI is InChI=1S/C40H35NO6S/c42-40(43)37-25-33(46-27-30-11-5-2-6-12-30)26-41(37)48(44,45)34-21-19-32(20-22-34)31-17-15-29(16-18-31)23-36-35-13-7-8-14-38(35)47-39(36)24-28-9-3-1-4-10-28/h1-22,33,37H,23-27H2,(H,42,43). The van der Waals surface area contributed by atoms with E-state index in [2.05, 4.69) is 30.3 Å². The first-order valence-corrected chi connectivity index (χ1v) is 17.4. The molecule has 1 aromatic heterocycles. The summed E-state index contributed by atoms with van der Waals surface area (Å²) >= 11 is 0. The van der Waals surface area contributed by atoms with Crippen molar-refractivity contribution < 1.29 is 27.5 Å². The molecule has 2 atom stereocenters. The molecule has 0 bridgehead atoms. The fraction of sp³-hybridized carbons (Fsp3) is 0.175. The first kappa shape index (κ1) is 31.6. The van der Waals surface area contributed by atoms with E-state index in [-0.39, 0.29) is 24.5 Å². The third-order valence-electron chi connectivity index (χ3n) is 8.95. The van der Waals surface area contributed by atoms with Crippen molar-refractivity contribution in [1.29, 1.82) is 0 Å². The van der Waals surface area contributed by atoms with Crippen LogP contribution in [0.2, 0.25) is 0 Å². The van der Waals surface area contributed by atoms with Gasteiger partial charge in [-0.3, -0.25) is 4.79 Å². The number of benzene rings is 5. The molecule has 1 aliphatic heterocycles. The number of sulfonamides is 1. The summed E-state index contributed by atoms with van der Waals surface area (Å²) in [4.78, 5) is 12.1. The van der Waals surface area contributed by atoms with Gasteiger partial charge in [0.1, 0.15) is 17.4 Å². The number of carboxylic acids is 1. The summed E-state index contributed by atoms with van der Waals surface area (Å²) in [7, 11) is -4.06. The lowest BCUT2D eigenvalue weighted by atomic mass is 9.97. The van der Waals surface area contributed by atoms with E-state index in [4.69, 9.17) is 9.15 Å². The van der Waals surface area contributed by atoms with Crippen LogP contribution in [0.15, 0.2) is 143 Å². The molecule has 6 aromatic rings. The number of furan rings is 1. The molecule has 7 nitrogen and oxygen atoms in total. The zero-order valence-corrected chi connectivity index (χ0v) is 27.1. The molecule has 0 aliphatic carbocycles. The molecule has 1 fully saturated rings. The summed E-state index contributed by atoms with van der Waals surface area (Å²) in [6, 6.07) is 41.6. The van der Waals surface area contributed by atoms with Crippen molar-refractivity contribution in [3.05, 3.63) is 161 Å². The zero-order chi connectivity index (χ0) is 33.1. The Morgan fingerprint density at radius 3 is 1.98 bits per heavy atom. The molecule has 1 aliphatic rings. The fourth-order valence-corrected chi connectivity index (χ4v) is 8.03. The number of para-hydroxylation sites is 1. The first-order chi connectivity index (χ1) is 23.3. The van der Waals surface area contributed by atoms with Gasteiger partial charge in [0.15, 0.2) is 0 Å². The summed E-state index contributed by atoms with van der Waals surface area (Å²) in [5.74, 6) is -0.225. The molecular formula is C40H35NO6S. The monoisotopic (exact) mass is 657 g/mol. The highest BCUT2D eigenvalue weighted by Crippen LogP contribution is 2.32. The fourth-order valence-electron chi connectivity index (χ4n) is 6.41. The number of hydrogen-bond acceptors (Lipinski definition) is 5. The minimum absolute atomic E-state index is 0.0195. The summed E-state index contributed by atoms with van der Waals surface area (Å²) < 4.78 is 40.6. The molecule has 1 saturated heterocycles. The topological polar surface area (TPSA) is 97.0 Å². The number of rotatable bonds is 11. The van der Waals surface area contributed by atoms with E-state index in [0.29, 0.717) is 12.8 Å². The molecule has 1 N–H and O–H groups in total. The van der Waals surface area contributed by atoms with Crippen molar-refractivity contribution in [2.24, 2.45) is 0 Å². The van der Waals surface area contributed by atoms with Crippen molar-refractivity contribution in [2.75, 3.05) is 6.54 Å². The van der Waals surface area contributed by atoms with Crippen molar-refractivity contribution in [2.45, 2.75) is 42.9 Å². The second kappa shape index (κ2) is 13.6. The average molecular weight is 658 g/mol. The SMILES string of the molecule is O=C(O)C1CC(OCc2ccccc2)CN1S(=O)(=O)c1ccc(-c2ccc(Cc3c(Cc4ccccc4)oc4ccccc34)cc2)cc1. The van der Waals surface area contributed by atoms with Crippen LogP contribution in [0.5, 0.6) is 0 Å². The second-order valence-electron chi connectivity index (χ2n) is 12.1. The Kier molecular flexibility index (Phi) is 8.95. The van der Waals surface area contributed by atoms with Gasteiger partial charge >= 0.3 is 5.97 Å². The van der Waals surface area contributed by atoms with E-state index in [1.807, 2.05) is 78.9 Å². The van der Waals surface area contributed by atoms with Gasteiger partial charge in [0.2, 0.25) is 10.0 Å². The predicted octanol–water partition coefficient (Wildman–Crippen LogP) is 7.71. The first-order valence-electron chi connectivity index (χ1n) is 16.0. The Morgan fingerprint density at radius 2 is 1.31 bits per heavy atom. The summed E-state index contributed by atoms with van der Waals surface area (Å²) in [5.41, 5.74) is 7.13. The van der Waals surface area contributed by atoms with Crippen molar-refractivity contribution in [1.82, 2.24) is 4.31 Å². The zero-order valence-electron chi connectivity index (χ0n) is 26.2. The Balaban J connectivity index is 1.06. The summed E-state index contributed by atoms with van der Waals surface area (Å²) in [6.07, 6.45) is 0.999. The van der Waals surface area contributed by atoms with Gasteiger partial charge in [-0.2, -0.15) is 4.31 Å². The van der Waals surface area contributed by atoms with E-state index in [0.717, 1.165) is 43.3 Å². The lowest BCUT2D eigenvalue weighted by Crippen LogP contribution is -2.40. The number of fused-ring (bicyclic) bond motifs is 1. The third-order valence-corrected chi connectivity index (χ3v) is 10.8. The molecule has 7 rings (SSSR count). The summed E-state index contributed by atoms with van der Waals surface area (Å²) in [6.45, 7) is 0.265. The maximum atomic E-state index is 13.6. The van der Waals surface area contributed by atoms with Gasteiger partial charge < -0.3 is 14.3 Å². The van der Waals surface area contributed by atoms with Crippen LogP contribution >= 0.6 is 0 Å². The van der Waals surface area contributed by atoms with Crippen LogP contribution in [0.3, 0.4) is 0 Å². The molecular weight excluding hydrogens is 623 g/mol. The largest absolute Gasteiger partial charge is 0.480 e. The van der Waals surface area contributed by atoms with Crippen LogP contribution in [0.4, 0.5) is 0 Å². The van der Waals surface area contributed by atoms with E-state index in [1.165, 1.54) is 11.1 Å². The molecule has 0 spiro atoms. The lowest BCUT2D eigenvalue weighted by Gasteiger charge is -2.21. The number of ether oxygens (including phenoxy) is 1. The van der Waals surface area contributed by atoms with Crippen LogP contribution < -0.4 is 0 Å². The predicted molar refractivity (Wildman–Crippen MR) is 185 cm³/mol. The molecule has 2 unspecified atom stereocenters. The number of hydrogen-bond donors (Lipinski definition) is 1. The molecule has 8 heteroatoms. The van der Waals surface area contributed by atoms with Gasteiger partial charge in [-0.1, -0.05) is 115 Å². The highest BCUT2D eigenvalue weighted by Gasteiger charge is 2.44. The Bertz CT molecular complexity index is 2130. The minimum atomic E-state index is -4.06. The second-order valence-corrected chi connectivity index (χ2v) is 14.0. The number of carbonyl (C=O) groups is 1. The van der Waals surface area contributed by atoms with Crippen LogP contribution in [0.25, 0.3) is 22.1 Å². The van der Waals surface area contributed by atoms with Crippen molar-refractivity contribution in [3.8, 4) is 11.1 Å². The molecule has 0 amide bonds. The van der Waals surface area contributed by atoms with Crippen LogP contribution in [0, 0.1) is 0 Å². The van der Waals surface area contributed by atoms with E-state index in [9.17, 15) is 18.3 Å². The Morgan fingerprint density at radius 1 is 0.729 bits per heavy atom.